The number of hydrogen-bond donors (Lipinski definition) is 3. The van der Waals surface area contributed by atoms with Crippen LogP contribution < -0.4 is 25.6 Å². The van der Waals surface area contributed by atoms with E-state index in [9.17, 15) is 26.7 Å². The Labute approximate surface area is 262 Å². The van der Waals surface area contributed by atoms with Crippen molar-refractivity contribution in [1.29, 1.82) is 0 Å². The van der Waals surface area contributed by atoms with Crippen molar-refractivity contribution < 1.29 is 31.5 Å². The molecule has 0 saturated carbocycles. The maximum atomic E-state index is 13.9. The smallest absolute Gasteiger partial charge is 0.421 e. The number of ether oxygens (including phenoxy) is 1. The van der Waals surface area contributed by atoms with Crippen LogP contribution in [0, 0.1) is 0 Å². The molecule has 246 valence electrons. The number of rotatable bonds is 8. The zero-order chi connectivity index (χ0) is 32.4. The van der Waals surface area contributed by atoms with Crippen LogP contribution in [0.2, 0.25) is 0 Å². The average Bonchev–Trinajstić information content (AvgIpc) is 3.26. The van der Waals surface area contributed by atoms with E-state index in [1.807, 2.05) is 0 Å². The van der Waals surface area contributed by atoms with Gasteiger partial charge in [-0.1, -0.05) is 12.1 Å². The molecule has 6 rings (SSSR count). The Morgan fingerprint density at radius 1 is 1.00 bits per heavy atom. The number of alkyl halides is 5. The number of hydrogen-bond acceptors (Lipinski definition) is 9. The summed E-state index contributed by atoms with van der Waals surface area (Å²) in [5.74, 6) is -1.51. The molecule has 4 heterocycles. The van der Waals surface area contributed by atoms with Crippen LogP contribution >= 0.6 is 0 Å². The molecule has 15 heteroatoms. The number of halogens is 5. The molecule has 10 nitrogen and oxygen atoms in total. The molecule has 3 aliphatic heterocycles. The number of piperidine rings is 1. The van der Waals surface area contributed by atoms with Crippen molar-refractivity contribution in [3.8, 4) is 5.75 Å². The summed E-state index contributed by atoms with van der Waals surface area (Å²) in [6, 6.07) is 10.0. The first kappa shape index (κ1) is 31.7. The van der Waals surface area contributed by atoms with E-state index in [0.29, 0.717) is 23.5 Å². The summed E-state index contributed by atoms with van der Waals surface area (Å²) in [4.78, 5) is 27.2. The molecule has 0 aliphatic carbocycles. The van der Waals surface area contributed by atoms with Crippen molar-refractivity contribution in [3.63, 3.8) is 0 Å². The minimum absolute atomic E-state index is 0.0540. The minimum atomic E-state index is -4.82. The monoisotopic (exact) mass is 646 g/mol. The predicted molar refractivity (Wildman–Crippen MR) is 163 cm³/mol. The number of nitrogens with one attached hydrogen (secondary N) is 3. The normalized spacial score (nSPS) is 18.3. The number of anilines is 5. The van der Waals surface area contributed by atoms with Crippen molar-refractivity contribution >= 4 is 34.7 Å². The van der Waals surface area contributed by atoms with Crippen LogP contribution in [0.5, 0.6) is 5.75 Å². The number of nitrogens with zero attached hydrogens (tertiary/aromatic N) is 5. The summed E-state index contributed by atoms with van der Waals surface area (Å²) in [6.45, 7) is 2.82. The van der Waals surface area contributed by atoms with Gasteiger partial charge in [0.2, 0.25) is 5.95 Å². The van der Waals surface area contributed by atoms with E-state index in [-0.39, 0.29) is 35.2 Å². The molecule has 2 aromatic carbocycles. The van der Waals surface area contributed by atoms with Crippen molar-refractivity contribution in [2.24, 2.45) is 0 Å². The van der Waals surface area contributed by atoms with E-state index in [1.54, 1.807) is 18.2 Å². The van der Waals surface area contributed by atoms with Gasteiger partial charge in [-0.2, -0.15) is 26.9 Å². The van der Waals surface area contributed by atoms with Gasteiger partial charge in [-0.15, -0.1) is 0 Å². The number of likely N-dealkylation sites (N-methyl/N-ethyl adjacent to an activating group) is 1. The molecular weight excluding hydrogens is 611 g/mol. The van der Waals surface area contributed by atoms with E-state index in [4.69, 9.17) is 4.74 Å². The third kappa shape index (κ3) is 7.09. The Kier molecular flexibility index (Phi) is 9.13. The fourth-order valence-electron chi connectivity index (χ4n) is 6.30. The fourth-order valence-corrected chi connectivity index (χ4v) is 6.30. The zero-order valence-corrected chi connectivity index (χ0v) is 25.2. The number of aromatic nitrogens is 2. The number of fused-ring (bicyclic) bond motifs is 1. The zero-order valence-electron chi connectivity index (χ0n) is 25.2. The third-order valence-electron chi connectivity index (χ3n) is 8.69. The Morgan fingerprint density at radius 3 is 2.57 bits per heavy atom. The lowest BCUT2D eigenvalue weighted by molar-refractivity contribution is -0.137. The standard InChI is InChI=1S/C31H35F5N8O2/c1-42-10-3-11-43(15-14-42)20-8-12-44(13-9-20)21-6-7-23(25(16-21)46-29(32)33)40-30-38-18-22(31(34,35)36)27(41-30)39-24-5-2-4-19-17-37-28(45)26(19)24/h2,4-7,16,18,20,29H,3,8-15,17H2,1H3,(H,37,45)(H2,38,39,40,41). The SMILES string of the molecule is CN1CCCN(C2CCN(c3ccc(Nc4ncc(C(F)(F)F)c(Nc5cccc6c5C(=O)NC6)n4)c(OC(F)F)c3)CC2)CC1. The Bertz CT molecular complexity index is 1560. The van der Waals surface area contributed by atoms with Gasteiger partial charge in [-0.3, -0.25) is 9.69 Å². The largest absolute Gasteiger partial charge is 0.433 e. The van der Waals surface area contributed by atoms with E-state index in [0.717, 1.165) is 58.5 Å². The second-order valence-corrected chi connectivity index (χ2v) is 11.7. The summed E-state index contributed by atoms with van der Waals surface area (Å²) in [5.41, 5.74) is 0.573. The average molecular weight is 647 g/mol. The number of carbonyl (C=O) groups excluding carboxylic acids is 1. The highest BCUT2D eigenvalue weighted by molar-refractivity contribution is 6.04. The van der Waals surface area contributed by atoms with Crippen molar-refractivity contribution in [2.75, 3.05) is 61.8 Å². The summed E-state index contributed by atoms with van der Waals surface area (Å²) in [5, 5.41) is 8.01. The Hall–Kier alpha value is -4.24. The maximum absolute atomic E-state index is 13.9. The first-order chi connectivity index (χ1) is 22.0. The molecule has 1 amide bonds. The van der Waals surface area contributed by atoms with Gasteiger partial charge in [0.1, 0.15) is 11.4 Å². The number of carbonyl (C=O) groups is 1. The van der Waals surface area contributed by atoms with Gasteiger partial charge in [0.15, 0.2) is 5.75 Å². The molecule has 0 atom stereocenters. The molecule has 3 aliphatic rings. The molecule has 3 N–H and O–H groups in total. The Balaban J connectivity index is 1.21. The van der Waals surface area contributed by atoms with Gasteiger partial charge >= 0.3 is 12.8 Å². The molecule has 3 aromatic rings. The van der Waals surface area contributed by atoms with Gasteiger partial charge in [-0.05, 0) is 63.2 Å². The molecule has 0 radical (unpaired) electrons. The Morgan fingerprint density at radius 2 is 1.80 bits per heavy atom. The molecule has 2 saturated heterocycles. The molecule has 2 fully saturated rings. The predicted octanol–water partition coefficient (Wildman–Crippen LogP) is 5.43. The molecule has 46 heavy (non-hydrogen) atoms. The van der Waals surface area contributed by atoms with E-state index in [1.165, 1.54) is 18.2 Å². The van der Waals surface area contributed by atoms with Gasteiger partial charge < -0.3 is 30.5 Å². The van der Waals surface area contributed by atoms with Crippen LogP contribution in [-0.4, -0.2) is 84.6 Å². The topological polar surface area (TPSA) is 97.9 Å². The third-order valence-corrected chi connectivity index (χ3v) is 8.69. The molecule has 0 spiro atoms. The minimum Gasteiger partial charge on any atom is -0.433 e. The van der Waals surface area contributed by atoms with Gasteiger partial charge in [0.25, 0.3) is 5.91 Å². The first-order valence-corrected chi connectivity index (χ1v) is 15.2. The molecule has 1 aromatic heterocycles. The summed E-state index contributed by atoms with van der Waals surface area (Å²) >= 11 is 0. The fraction of sp³-hybridized carbons (Fsp3) is 0.452. The first-order valence-electron chi connectivity index (χ1n) is 15.2. The quantitative estimate of drug-likeness (QED) is 0.277. The molecular formula is C31H35F5N8O2. The van der Waals surface area contributed by atoms with Crippen LogP contribution in [0.3, 0.4) is 0 Å². The highest BCUT2D eigenvalue weighted by Gasteiger charge is 2.36. The molecule has 0 bridgehead atoms. The van der Waals surface area contributed by atoms with Crippen LogP contribution in [0.4, 0.5) is 50.8 Å². The molecule has 0 unspecified atom stereocenters. The summed E-state index contributed by atoms with van der Waals surface area (Å²) < 4.78 is 73.6. The highest BCUT2D eigenvalue weighted by Crippen LogP contribution is 2.38. The second-order valence-electron chi connectivity index (χ2n) is 11.7. The van der Waals surface area contributed by atoms with Gasteiger partial charge in [-0.25, -0.2) is 4.98 Å². The number of amides is 1. The van der Waals surface area contributed by atoms with E-state index in [2.05, 4.69) is 47.7 Å². The van der Waals surface area contributed by atoms with Gasteiger partial charge in [0, 0.05) is 56.7 Å². The van der Waals surface area contributed by atoms with Crippen LogP contribution in [-0.2, 0) is 12.7 Å². The van der Waals surface area contributed by atoms with Crippen LogP contribution in [0.1, 0.15) is 40.7 Å². The van der Waals surface area contributed by atoms with Crippen molar-refractivity contribution in [3.05, 3.63) is 59.3 Å². The van der Waals surface area contributed by atoms with Crippen LogP contribution in [0.15, 0.2) is 42.6 Å². The van der Waals surface area contributed by atoms with Crippen molar-refractivity contribution in [2.45, 2.75) is 44.6 Å². The summed E-state index contributed by atoms with van der Waals surface area (Å²) in [7, 11) is 2.14. The second kappa shape index (κ2) is 13.2. The van der Waals surface area contributed by atoms with Crippen LogP contribution in [0.25, 0.3) is 0 Å². The highest BCUT2D eigenvalue weighted by atomic mass is 19.4. The summed E-state index contributed by atoms with van der Waals surface area (Å²) in [6.07, 6.45) is -1.21. The van der Waals surface area contributed by atoms with E-state index < -0.39 is 30.1 Å². The number of benzene rings is 2. The lowest BCUT2D eigenvalue weighted by Gasteiger charge is -2.39. The van der Waals surface area contributed by atoms with Crippen molar-refractivity contribution in [1.82, 2.24) is 25.1 Å². The van der Waals surface area contributed by atoms with E-state index >= 15 is 0 Å². The lowest BCUT2D eigenvalue weighted by Crippen LogP contribution is -2.46. The van der Waals surface area contributed by atoms with Gasteiger partial charge in [0.05, 0.1) is 16.9 Å². The maximum Gasteiger partial charge on any atom is 0.421 e. The lowest BCUT2D eigenvalue weighted by atomic mass is 10.0.